The number of benzene rings is 3. The second kappa shape index (κ2) is 12.7. The number of esters is 3. The average molecular weight is 623 g/mol. The minimum atomic E-state index is -5.54. The third-order valence-corrected chi connectivity index (χ3v) is 6.97. The van der Waals surface area contributed by atoms with Crippen LogP contribution in [0.5, 0.6) is 0 Å². The Hall–Kier alpha value is -5.43. The Morgan fingerprint density at radius 3 is 1.87 bits per heavy atom. The predicted molar refractivity (Wildman–Crippen MR) is 150 cm³/mol. The second-order valence-corrected chi connectivity index (χ2v) is 9.91. The van der Waals surface area contributed by atoms with Gasteiger partial charge in [-0.25, -0.2) is 19.2 Å². The van der Waals surface area contributed by atoms with Gasteiger partial charge in [0.1, 0.15) is 12.7 Å². The summed E-state index contributed by atoms with van der Waals surface area (Å²) in [5.74, 6) is -3.59. The zero-order valence-electron chi connectivity index (χ0n) is 23.3. The van der Waals surface area contributed by atoms with Crippen LogP contribution in [-0.4, -0.2) is 65.7 Å². The molecule has 1 saturated heterocycles. The lowest BCUT2D eigenvalue weighted by Gasteiger charge is -2.41. The lowest BCUT2D eigenvalue weighted by Crippen LogP contribution is -2.67. The quantitative estimate of drug-likeness (QED) is 0.275. The largest absolute Gasteiger partial charge is 0.459 e. The number of hydrogen-bond acceptors (Lipinski definition) is 8. The monoisotopic (exact) mass is 622 g/mol. The number of allylic oxidation sites excluding steroid dienone is 1. The summed E-state index contributed by atoms with van der Waals surface area (Å²) in [4.78, 5) is 52.8. The van der Waals surface area contributed by atoms with Crippen molar-refractivity contribution in [3.63, 3.8) is 0 Å². The molecule has 2 amide bonds. The van der Waals surface area contributed by atoms with Crippen molar-refractivity contribution >= 4 is 23.9 Å². The van der Waals surface area contributed by atoms with E-state index >= 15 is 13.2 Å². The van der Waals surface area contributed by atoms with E-state index in [9.17, 15) is 19.2 Å². The van der Waals surface area contributed by atoms with Gasteiger partial charge in [0.05, 0.1) is 16.7 Å². The SMILES string of the molecule is C=C1C=CN([C@@H]2OC(COC(=O)c3ccccc3)[C@H](OC(=O)c3ccccc3)C2(OC(=O)c2ccccc2)C(F)(F)F)C(=O)N1. The molecule has 232 valence electrons. The van der Waals surface area contributed by atoms with Gasteiger partial charge in [-0.3, -0.25) is 4.90 Å². The number of nitrogens with zero attached hydrogens (tertiary/aromatic N) is 1. The van der Waals surface area contributed by atoms with Gasteiger partial charge in [-0.2, -0.15) is 13.2 Å². The zero-order valence-corrected chi connectivity index (χ0v) is 23.3. The van der Waals surface area contributed by atoms with Crippen LogP contribution in [0.4, 0.5) is 18.0 Å². The lowest BCUT2D eigenvalue weighted by atomic mass is 9.91. The first kappa shape index (κ1) is 31.0. The number of hydrogen-bond donors (Lipinski definition) is 1. The normalized spacial score (nSPS) is 22.8. The number of halogens is 3. The van der Waals surface area contributed by atoms with Crippen molar-refractivity contribution in [2.24, 2.45) is 0 Å². The molecular formula is C32H25F3N2O8. The summed E-state index contributed by atoms with van der Waals surface area (Å²) < 4.78 is 68.5. The first-order valence-electron chi connectivity index (χ1n) is 13.5. The van der Waals surface area contributed by atoms with Gasteiger partial charge >= 0.3 is 30.1 Å². The molecule has 0 aromatic heterocycles. The predicted octanol–water partition coefficient (Wildman–Crippen LogP) is 5.00. The summed E-state index contributed by atoms with van der Waals surface area (Å²) in [6, 6.07) is 20.4. The van der Waals surface area contributed by atoms with Crippen molar-refractivity contribution in [3.05, 3.63) is 132 Å². The van der Waals surface area contributed by atoms with E-state index in [4.69, 9.17) is 18.9 Å². The Morgan fingerprint density at radius 1 is 0.844 bits per heavy atom. The first-order chi connectivity index (χ1) is 21.5. The van der Waals surface area contributed by atoms with Gasteiger partial charge in [0.25, 0.3) is 5.60 Å². The van der Waals surface area contributed by atoms with E-state index in [1.807, 2.05) is 0 Å². The van der Waals surface area contributed by atoms with Crippen LogP contribution in [0.25, 0.3) is 0 Å². The maximum Gasteiger partial charge on any atom is 0.436 e. The van der Waals surface area contributed by atoms with Crippen molar-refractivity contribution in [3.8, 4) is 0 Å². The zero-order chi connectivity index (χ0) is 32.2. The van der Waals surface area contributed by atoms with Crippen LogP contribution < -0.4 is 5.32 Å². The van der Waals surface area contributed by atoms with Crippen molar-refractivity contribution < 1.29 is 51.3 Å². The average Bonchev–Trinajstić information content (AvgIpc) is 3.34. The van der Waals surface area contributed by atoms with E-state index < -0.39 is 60.8 Å². The fraction of sp³-hybridized carbons (Fsp3) is 0.188. The van der Waals surface area contributed by atoms with Gasteiger partial charge in [0.15, 0.2) is 12.3 Å². The summed E-state index contributed by atoms with van der Waals surface area (Å²) >= 11 is 0. The molecule has 1 fully saturated rings. The molecule has 3 aromatic carbocycles. The highest BCUT2D eigenvalue weighted by Gasteiger charge is 2.77. The van der Waals surface area contributed by atoms with Crippen molar-refractivity contribution in [2.75, 3.05) is 6.61 Å². The molecule has 2 heterocycles. The molecule has 2 aliphatic heterocycles. The van der Waals surface area contributed by atoms with Crippen molar-refractivity contribution in [2.45, 2.75) is 30.2 Å². The smallest absolute Gasteiger partial charge is 0.436 e. The van der Waals surface area contributed by atoms with Crippen LogP contribution in [0.3, 0.4) is 0 Å². The van der Waals surface area contributed by atoms with Crippen LogP contribution in [-0.2, 0) is 18.9 Å². The Morgan fingerprint density at radius 2 is 1.36 bits per heavy atom. The van der Waals surface area contributed by atoms with Gasteiger partial charge < -0.3 is 24.3 Å². The third-order valence-electron chi connectivity index (χ3n) is 6.97. The van der Waals surface area contributed by atoms with Crippen molar-refractivity contribution in [1.82, 2.24) is 10.2 Å². The fourth-order valence-corrected chi connectivity index (χ4v) is 4.81. The van der Waals surface area contributed by atoms with Gasteiger partial charge in [-0.05, 0) is 42.5 Å². The van der Waals surface area contributed by atoms with Gasteiger partial charge in [0, 0.05) is 11.9 Å². The van der Waals surface area contributed by atoms with Crippen molar-refractivity contribution in [1.29, 1.82) is 0 Å². The van der Waals surface area contributed by atoms with Gasteiger partial charge in [-0.15, -0.1) is 0 Å². The third kappa shape index (κ3) is 6.29. The Labute approximate surface area is 254 Å². The van der Waals surface area contributed by atoms with Crippen LogP contribution in [0.15, 0.2) is 116 Å². The molecule has 5 rings (SSSR count). The molecular weight excluding hydrogens is 597 g/mol. The van der Waals surface area contributed by atoms with Crippen LogP contribution >= 0.6 is 0 Å². The van der Waals surface area contributed by atoms with E-state index in [1.165, 1.54) is 72.8 Å². The van der Waals surface area contributed by atoms with Gasteiger partial charge in [-0.1, -0.05) is 61.2 Å². The Balaban J connectivity index is 1.62. The Kier molecular flexibility index (Phi) is 8.73. The van der Waals surface area contributed by atoms with Crippen LogP contribution in [0.2, 0.25) is 0 Å². The van der Waals surface area contributed by atoms with Crippen LogP contribution in [0, 0.1) is 0 Å². The molecule has 3 aromatic rings. The van der Waals surface area contributed by atoms with Crippen LogP contribution in [0.1, 0.15) is 31.1 Å². The second-order valence-electron chi connectivity index (χ2n) is 9.91. The molecule has 0 bridgehead atoms. The maximum absolute atomic E-state index is 15.6. The fourth-order valence-electron chi connectivity index (χ4n) is 4.81. The van der Waals surface area contributed by atoms with E-state index in [0.29, 0.717) is 4.90 Å². The molecule has 0 aliphatic carbocycles. The molecule has 0 saturated carbocycles. The molecule has 13 heteroatoms. The molecule has 1 N–H and O–H groups in total. The number of carbonyl (C=O) groups is 4. The molecule has 10 nitrogen and oxygen atoms in total. The maximum atomic E-state index is 15.6. The highest BCUT2D eigenvalue weighted by atomic mass is 19.4. The number of ether oxygens (including phenoxy) is 4. The number of rotatable bonds is 8. The summed E-state index contributed by atoms with van der Waals surface area (Å²) in [6.07, 6.45) is -10.2. The number of amides is 2. The first-order valence-corrected chi connectivity index (χ1v) is 13.5. The topological polar surface area (TPSA) is 120 Å². The molecule has 4 atom stereocenters. The number of urea groups is 1. The van der Waals surface area contributed by atoms with E-state index in [0.717, 1.165) is 6.20 Å². The van der Waals surface area contributed by atoms with Gasteiger partial charge in [0.2, 0.25) is 0 Å². The number of alkyl halides is 3. The summed E-state index contributed by atoms with van der Waals surface area (Å²) in [6.45, 7) is 2.67. The highest BCUT2D eigenvalue weighted by Crippen LogP contribution is 2.50. The summed E-state index contributed by atoms with van der Waals surface area (Å²) in [7, 11) is 0. The number of nitrogens with one attached hydrogen (secondary N) is 1. The summed E-state index contributed by atoms with van der Waals surface area (Å²) in [5.41, 5.74) is -4.07. The molecule has 0 spiro atoms. The minimum absolute atomic E-state index is 0.0635. The Bertz CT molecular complexity index is 1620. The number of carbonyl (C=O) groups excluding carboxylic acids is 4. The molecule has 2 unspecified atom stereocenters. The molecule has 0 radical (unpaired) electrons. The summed E-state index contributed by atoms with van der Waals surface area (Å²) in [5, 5.41) is 2.27. The molecule has 2 aliphatic rings. The van der Waals surface area contributed by atoms with E-state index in [2.05, 4.69) is 11.9 Å². The van der Waals surface area contributed by atoms with E-state index in [1.54, 1.807) is 24.3 Å². The standard InChI is InChI=1S/C32H25F3N2O8/c1-20-17-18-37(30(41)36-20)29-31(32(33,34)35,45-28(40)23-15-9-4-10-16-23)25(44-27(39)22-13-7-3-8-14-22)24(43-29)19-42-26(38)21-11-5-2-6-12-21/h2-18,24-25,29H,1,19H2,(H,36,41)/t24?,25-,29+,31?/m0/s1. The molecule has 45 heavy (non-hydrogen) atoms. The lowest BCUT2D eigenvalue weighted by molar-refractivity contribution is -0.301. The minimum Gasteiger partial charge on any atom is -0.459 e. The van der Waals surface area contributed by atoms with E-state index in [-0.39, 0.29) is 22.4 Å². The highest BCUT2D eigenvalue weighted by molar-refractivity contribution is 5.91.